The van der Waals surface area contributed by atoms with Crippen molar-refractivity contribution in [3.63, 3.8) is 0 Å². The minimum atomic E-state index is -4.17. The van der Waals surface area contributed by atoms with Gasteiger partial charge in [0.25, 0.3) is 10.1 Å². The molecule has 152 valence electrons. The summed E-state index contributed by atoms with van der Waals surface area (Å²) in [6, 6.07) is 0. The summed E-state index contributed by atoms with van der Waals surface area (Å²) in [6.07, 6.45) is -0.127. The Morgan fingerprint density at radius 2 is 1.41 bits per heavy atom. The number of hydrogen-bond acceptors (Lipinski definition) is 8. The summed E-state index contributed by atoms with van der Waals surface area (Å²) >= 11 is 0. The van der Waals surface area contributed by atoms with Gasteiger partial charge in [-0.05, 0) is 27.2 Å². The predicted molar refractivity (Wildman–Crippen MR) is 99.6 cm³/mol. The van der Waals surface area contributed by atoms with Crippen LogP contribution in [0.5, 0.6) is 0 Å². The van der Waals surface area contributed by atoms with E-state index in [4.69, 9.17) is 18.8 Å². The van der Waals surface area contributed by atoms with Crippen LogP contribution >= 0.6 is 0 Å². The number of carbonyl (C=O) groups excluding carboxylic acids is 3. The fraction of sp³-hybridized carbons (Fsp3) is 0.562. The molecule has 0 radical (unpaired) electrons. The fourth-order valence-electron chi connectivity index (χ4n) is 1.44. The Balaban J connectivity index is -0.00000104. The molecule has 0 fully saturated rings. The number of carbonyl (C=O) groups is 3. The van der Waals surface area contributed by atoms with E-state index >= 15 is 0 Å². The summed E-state index contributed by atoms with van der Waals surface area (Å²) < 4.78 is 44.8. The van der Waals surface area contributed by atoms with Gasteiger partial charge in [-0.3, -0.25) is 9.35 Å². The monoisotopic (exact) mass is 418 g/mol. The van der Waals surface area contributed by atoms with Gasteiger partial charge in [0.1, 0.15) is 18.6 Å². The SMILES string of the molecule is C=C(C)C(=O)OCC(C)(COC(=O)C(=C)C)C(=O)OCCCS(=O)(=O)O.[H-].[H-].[Mg+2]. The molecule has 0 heterocycles. The normalized spacial score (nSPS) is 11.0. The summed E-state index contributed by atoms with van der Waals surface area (Å²) in [5, 5.41) is 0. The van der Waals surface area contributed by atoms with Crippen molar-refractivity contribution in [1.82, 2.24) is 0 Å². The Labute approximate surface area is 178 Å². The standard InChI is InChI=1S/C16H24O9S.Mg.2H/c1-11(2)13(17)24-9-16(5,10-25-14(18)12(3)4)15(19)23-7-6-8-26(20,21)22;;;/h1,3,6-10H2,2,4-5H3,(H,20,21,22);;;/q;+2;2*-1. The maximum absolute atomic E-state index is 12.3. The van der Waals surface area contributed by atoms with Crippen LogP contribution in [0.25, 0.3) is 0 Å². The van der Waals surface area contributed by atoms with E-state index in [1.54, 1.807) is 0 Å². The zero-order valence-electron chi connectivity index (χ0n) is 17.8. The minimum Gasteiger partial charge on any atom is -1.00 e. The largest absolute Gasteiger partial charge is 2.00 e. The van der Waals surface area contributed by atoms with E-state index < -0.39 is 52.4 Å². The first-order chi connectivity index (χ1) is 11.8. The van der Waals surface area contributed by atoms with Gasteiger partial charge in [0.15, 0.2) is 0 Å². The van der Waals surface area contributed by atoms with Crippen molar-refractivity contribution < 1.29 is 44.4 Å². The van der Waals surface area contributed by atoms with E-state index in [9.17, 15) is 22.8 Å². The van der Waals surface area contributed by atoms with Gasteiger partial charge >= 0.3 is 41.0 Å². The van der Waals surface area contributed by atoms with Crippen LogP contribution in [-0.2, 0) is 38.7 Å². The molecule has 0 atom stereocenters. The van der Waals surface area contributed by atoms with Crippen LogP contribution in [-0.4, -0.2) is 79.5 Å². The Morgan fingerprint density at radius 3 is 1.74 bits per heavy atom. The summed E-state index contributed by atoms with van der Waals surface area (Å²) in [5.74, 6) is -2.91. The molecule has 0 saturated carbocycles. The maximum atomic E-state index is 12.3. The van der Waals surface area contributed by atoms with Crippen LogP contribution in [0.1, 0.15) is 30.0 Å². The molecule has 0 aliphatic heterocycles. The molecule has 0 aromatic rings. The molecule has 0 aliphatic rings. The fourth-order valence-corrected chi connectivity index (χ4v) is 1.92. The van der Waals surface area contributed by atoms with Crippen molar-refractivity contribution in [2.24, 2.45) is 5.41 Å². The molecular weight excluding hydrogens is 393 g/mol. The van der Waals surface area contributed by atoms with Gasteiger partial charge in [-0.15, -0.1) is 0 Å². The molecule has 27 heavy (non-hydrogen) atoms. The van der Waals surface area contributed by atoms with Gasteiger partial charge in [0.2, 0.25) is 0 Å². The van der Waals surface area contributed by atoms with Crippen LogP contribution < -0.4 is 0 Å². The zero-order chi connectivity index (χ0) is 20.5. The first-order valence-electron chi connectivity index (χ1n) is 7.56. The van der Waals surface area contributed by atoms with Crippen LogP contribution in [0.4, 0.5) is 0 Å². The van der Waals surface area contributed by atoms with Gasteiger partial charge in [-0.2, -0.15) is 8.42 Å². The van der Waals surface area contributed by atoms with Crippen molar-refractivity contribution >= 4 is 51.1 Å². The van der Waals surface area contributed by atoms with E-state index in [0.717, 1.165) is 0 Å². The van der Waals surface area contributed by atoms with E-state index in [1.807, 2.05) is 0 Å². The number of rotatable bonds is 11. The van der Waals surface area contributed by atoms with Crippen molar-refractivity contribution in [2.75, 3.05) is 25.6 Å². The number of ether oxygens (including phenoxy) is 3. The molecule has 1 N–H and O–H groups in total. The van der Waals surface area contributed by atoms with Crippen molar-refractivity contribution in [3.05, 3.63) is 24.3 Å². The molecule has 0 aromatic carbocycles. The second-order valence-corrected chi connectivity index (χ2v) is 7.62. The van der Waals surface area contributed by atoms with E-state index in [2.05, 4.69) is 13.2 Å². The first kappa shape index (κ1) is 27.8. The third-order valence-electron chi connectivity index (χ3n) is 3.01. The van der Waals surface area contributed by atoms with Crippen molar-refractivity contribution in [3.8, 4) is 0 Å². The first-order valence-corrected chi connectivity index (χ1v) is 9.17. The Bertz CT molecular complexity index is 663. The molecule has 0 rings (SSSR count). The topological polar surface area (TPSA) is 133 Å². The molecule has 0 bridgehead atoms. The van der Waals surface area contributed by atoms with Gasteiger partial charge < -0.3 is 17.1 Å². The van der Waals surface area contributed by atoms with Crippen molar-refractivity contribution in [1.29, 1.82) is 0 Å². The van der Waals surface area contributed by atoms with E-state index in [1.165, 1.54) is 20.8 Å². The molecule has 0 saturated heterocycles. The smallest absolute Gasteiger partial charge is 1.00 e. The average molecular weight is 419 g/mol. The van der Waals surface area contributed by atoms with Gasteiger partial charge in [0.05, 0.1) is 12.4 Å². The van der Waals surface area contributed by atoms with E-state index in [-0.39, 0.29) is 50.1 Å². The summed E-state index contributed by atoms with van der Waals surface area (Å²) in [4.78, 5) is 35.4. The van der Waals surface area contributed by atoms with Gasteiger partial charge in [0, 0.05) is 11.1 Å². The predicted octanol–water partition coefficient (Wildman–Crippen LogP) is 0.897. The molecule has 0 aromatic heterocycles. The molecule has 11 heteroatoms. The summed E-state index contributed by atoms with van der Waals surface area (Å²) in [6.45, 7) is 9.85. The average Bonchev–Trinajstić information content (AvgIpc) is 2.52. The molecule has 0 unspecified atom stereocenters. The molecule has 0 spiro atoms. The number of esters is 3. The Morgan fingerprint density at radius 1 is 1.00 bits per heavy atom. The molecule has 0 aliphatic carbocycles. The zero-order valence-corrected chi connectivity index (χ0v) is 18.0. The van der Waals surface area contributed by atoms with Crippen molar-refractivity contribution in [2.45, 2.75) is 27.2 Å². The number of hydrogen-bond donors (Lipinski definition) is 1. The summed E-state index contributed by atoms with van der Waals surface area (Å²) in [7, 11) is -4.17. The van der Waals surface area contributed by atoms with E-state index in [0.29, 0.717) is 0 Å². The minimum absolute atomic E-state index is 0. The van der Waals surface area contributed by atoms with Gasteiger partial charge in [-0.25, -0.2) is 9.59 Å². The Hall–Kier alpha value is -1.43. The molecule has 9 nitrogen and oxygen atoms in total. The second-order valence-electron chi connectivity index (χ2n) is 6.05. The third kappa shape index (κ3) is 11.8. The van der Waals surface area contributed by atoms with Crippen LogP contribution in [0, 0.1) is 5.41 Å². The quantitative estimate of drug-likeness (QED) is 0.130. The van der Waals surface area contributed by atoms with Gasteiger partial charge in [-0.1, -0.05) is 13.2 Å². The van der Waals surface area contributed by atoms with Crippen LogP contribution in [0.2, 0.25) is 0 Å². The Kier molecular flexibility index (Phi) is 12.5. The summed E-state index contributed by atoms with van der Waals surface area (Å²) in [5.41, 5.74) is -1.28. The maximum Gasteiger partial charge on any atom is 2.00 e. The van der Waals surface area contributed by atoms with Crippen LogP contribution in [0.15, 0.2) is 24.3 Å². The molecular formula is C16H26MgO9S. The van der Waals surface area contributed by atoms with Crippen LogP contribution in [0.3, 0.4) is 0 Å². The third-order valence-corrected chi connectivity index (χ3v) is 3.82. The second kappa shape index (κ2) is 12.1. The molecule has 0 amide bonds.